The second kappa shape index (κ2) is 9.23. The summed E-state index contributed by atoms with van der Waals surface area (Å²) in [6.07, 6.45) is 0.583. The van der Waals surface area contributed by atoms with E-state index in [1.54, 1.807) is 11.9 Å². The number of carbonyl (C=O) groups excluding carboxylic acids is 1. The molecule has 5 nitrogen and oxygen atoms in total. The van der Waals surface area contributed by atoms with Crippen LogP contribution >= 0.6 is 11.6 Å². The maximum Gasteiger partial charge on any atom is 0.222 e. The predicted octanol–water partition coefficient (Wildman–Crippen LogP) is 1.42. The summed E-state index contributed by atoms with van der Waals surface area (Å²) in [5, 5.41) is 10.8. The SMILES string of the molecule is CN(CC(O)CN1CCOCC1)C(=O)CCc1ccc(Cl)cc1. The molecule has 0 aromatic heterocycles. The number of morpholine rings is 1. The average Bonchev–Trinajstić information content (AvgIpc) is 2.54. The minimum atomic E-state index is -0.530. The van der Waals surface area contributed by atoms with Crippen LogP contribution in [0, 0.1) is 0 Å². The molecule has 2 rings (SSSR count). The predicted molar refractivity (Wildman–Crippen MR) is 90.7 cm³/mol. The van der Waals surface area contributed by atoms with Gasteiger partial charge in [0.15, 0.2) is 0 Å². The minimum absolute atomic E-state index is 0.0426. The summed E-state index contributed by atoms with van der Waals surface area (Å²) >= 11 is 5.85. The molecule has 1 saturated heterocycles. The summed E-state index contributed by atoms with van der Waals surface area (Å²) in [5.74, 6) is 0.0426. The Morgan fingerprint density at radius 3 is 2.65 bits per heavy atom. The van der Waals surface area contributed by atoms with E-state index in [1.807, 2.05) is 24.3 Å². The van der Waals surface area contributed by atoms with E-state index in [0.29, 0.717) is 44.2 Å². The smallest absolute Gasteiger partial charge is 0.222 e. The minimum Gasteiger partial charge on any atom is -0.390 e. The van der Waals surface area contributed by atoms with E-state index in [2.05, 4.69) is 4.90 Å². The third-order valence-electron chi connectivity index (χ3n) is 4.02. The Hall–Kier alpha value is -1.14. The Morgan fingerprint density at radius 2 is 2.00 bits per heavy atom. The third-order valence-corrected chi connectivity index (χ3v) is 4.28. The number of β-amino-alcohol motifs (C(OH)–C–C–N with tert-alkyl or cyclic N) is 1. The van der Waals surface area contributed by atoms with Gasteiger partial charge in [0, 0.05) is 44.7 Å². The van der Waals surface area contributed by atoms with Crippen LogP contribution in [0.1, 0.15) is 12.0 Å². The molecule has 1 N–H and O–H groups in total. The monoisotopic (exact) mass is 340 g/mol. The molecular formula is C17H25ClN2O3. The number of nitrogens with zero attached hydrogens (tertiary/aromatic N) is 2. The molecule has 1 atom stereocenters. The number of likely N-dealkylation sites (N-methyl/N-ethyl adjacent to an activating group) is 1. The number of amides is 1. The zero-order chi connectivity index (χ0) is 16.7. The zero-order valence-electron chi connectivity index (χ0n) is 13.6. The Kier molecular flexibility index (Phi) is 7.30. The number of aliphatic hydroxyl groups is 1. The van der Waals surface area contributed by atoms with Gasteiger partial charge in [-0.2, -0.15) is 0 Å². The highest BCUT2D eigenvalue weighted by Crippen LogP contribution is 2.11. The normalized spacial score (nSPS) is 17.0. The first-order valence-electron chi connectivity index (χ1n) is 8.01. The molecule has 0 aliphatic carbocycles. The number of ether oxygens (including phenoxy) is 1. The molecule has 1 aromatic rings. The van der Waals surface area contributed by atoms with Crippen LogP contribution in [0.2, 0.25) is 5.02 Å². The van der Waals surface area contributed by atoms with Gasteiger partial charge in [0.1, 0.15) is 0 Å². The zero-order valence-corrected chi connectivity index (χ0v) is 14.3. The number of aryl methyl sites for hydroxylation is 1. The van der Waals surface area contributed by atoms with Gasteiger partial charge in [-0.05, 0) is 24.1 Å². The van der Waals surface area contributed by atoms with E-state index in [-0.39, 0.29) is 5.91 Å². The fraction of sp³-hybridized carbons (Fsp3) is 0.588. The Balaban J connectivity index is 1.70. The van der Waals surface area contributed by atoms with E-state index in [0.717, 1.165) is 18.7 Å². The van der Waals surface area contributed by atoms with Crippen molar-refractivity contribution in [2.75, 3.05) is 46.4 Å². The molecule has 0 saturated carbocycles. The molecule has 1 aromatic carbocycles. The van der Waals surface area contributed by atoms with Crippen LogP contribution in [0.5, 0.6) is 0 Å². The van der Waals surface area contributed by atoms with Crippen LogP contribution in [0.3, 0.4) is 0 Å². The molecule has 0 radical (unpaired) electrons. The number of halogens is 1. The lowest BCUT2D eigenvalue weighted by Gasteiger charge is -2.30. The van der Waals surface area contributed by atoms with Gasteiger partial charge in [-0.25, -0.2) is 0 Å². The molecule has 128 valence electrons. The molecule has 23 heavy (non-hydrogen) atoms. The Labute approximate surface area is 142 Å². The highest BCUT2D eigenvalue weighted by Gasteiger charge is 2.18. The van der Waals surface area contributed by atoms with E-state index >= 15 is 0 Å². The molecule has 1 aliphatic rings. The van der Waals surface area contributed by atoms with Crippen molar-refractivity contribution in [3.63, 3.8) is 0 Å². The van der Waals surface area contributed by atoms with Crippen molar-refractivity contribution in [3.8, 4) is 0 Å². The first-order valence-corrected chi connectivity index (χ1v) is 8.39. The van der Waals surface area contributed by atoms with Crippen LogP contribution in [0.15, 0.2) is 24.3 Å². The van der Waals surface area contributed by atoms with Gasteiger partial charge in [-0.3, -0.25) is 9.69 Å². The molecule has 1 heterocycles. The topological polar surface area (TPSA) is 53.0 Å². The standard InChI is InChI=1S/C17H25ClN2O3/c1-19(12-16(21)13-20-8-10-23-11-9-20)17(22)7-4-14-2-5-15(18)6-3-14/h2-3,5-6,16,21H,4,7-13H2,1H3. The number of benzene rings is 1. The molecule has 1 aliphatic heterocycles. The summed E-state index contributed by atoms with van der Waals surface area (Å²) in [5.41, 5.74) is 1.09. The third kappa shape index (κ3) is 6.47. The number of carbonyl (C=O) groups is 1. The van der Waals surface area contributed by atoms with Crippen molar-refractivity contribution < 1.29 is 14.6 Å². The van der Waals surface area contributed by atoms with Crippen molar-refractivity contribution in [1.29, 1.82) is 0 Å². The first kappa shape index (κ1) is 18.2. The van der Waals surface area contributed by atoms with Crippen molar-refractivity contribution >= 4 is 17.5 Å². The fourth-order valence-electron chi connectivity index (χ4n) is 2.65. The lowest BCUT2D eigenvalue weighted by molar-refractivity contribution is -0.131. The maximum absolute atomic E-state index is 12.2. The molecular weight excluding hydrogens is 316 g/mol. The van der Waals surface area contributed by atoms with Gasteiger partial charge in [0.05, 0.1) is 19.3 Å². The van der Waals surface area contributed by atoms with Crippen LogP contribution in [0.4, 0.5) is 0 Å². The van der Waals surface area contributed by atoms with E-state index < -0.39 is 6.10 Å². The van der Waals surface area contributed by atoms with Crippen LogP contribution in [-0.2, 0) is 16.0 Å². The van der Waals surface area contributed by atoms with Gasteiger partial charge < -0.3 is 14.7 Å². The van der Waals surface area contributed by atoms with Crippen molar-refractivity contribution in [1.82, 2.24) is 9.80 Å². The van der Waals surface area contributed by atoms with E-state index in [1.165, 1.54) is 0 Å². The Bertz CT molecular complexity index is 489. The van der Waals surface area contributed by atoms with Gasteiger partial charge in [0.25, 0.3) is 0 Å². The molecule has 1 unspecified atom stereocenters. The summed E-state index contributed by atoms with van der Waals surface area (Å²) < 4.78 is 5.29. The number of aliphatic hydroxyl groups excluding tert-OH is 1. The second-order valence-electron chi connectivity index (χ2n) is 5.97. The number of rotatable bonds is 7. The summed E-state index contributed by atoms with van der Waals surface area (Å²) in [4.78, 5) is 15.9. The molecule has 1 fully saturated rings. The van der Waals surface area contributed by atoms with Gasteiger partial charge in [-0.1, -0.05) is 23.7 Å². The summed E-state index contributed by atoms with van der Waals surface area (Å²) in [7, 11) is 1.74. The van der Waals surface area contributed by atoms with E-state index in [4.69, 9.17) is 16.3 Å². The largest absolute Gasteiger partial charge is 0.390 e. The van der Waals surface area contributed by atoms with Crippen LogP contribution < -0.4 is 0 Å². The lowest BCUT2D eigenvalue weighted by atomic mass is 10.1. The molecule has 1 amide bonds. The fourth-order valence-corrected chi connectivity index (χ4v) is 2.78. The molecule has 6 heteroatoms. The van der Waals surface area contributed by atoms with Gasteiger partial charge in [-0.15, -0.1) is 0 Å². The van der Waals surface area contributed by atoms with E-state index in [9.17, 15) is 9.90 Å². The van der Waals surface area contributed by atoms with Crippen LogP contribution in [-0.4, -0.2) is 73.4 Å². The highest BCUT2D eigenvalue weighted by molar-refractivity contribution is 6.30. The first-order chi connectivity index (χ1) is 11.0. The van der Waals surface area contributed by atoms with Gasteiger partial charge in [0.2, 0.25) is 5.91 Å². The maximum atomic E-state index is 12.2. The lowest BCUT2D eigenvalue weighted by Crippen LogP contribution is -2.45. The quantitative estimate of drug-likeness (QED) is 0.815. The highest BCUT2D eigenvalue weighted by atomic mass is 35.5. The number of hydrogen-bond acceptors (Lipinski definition) is 4. The van der Waals surface area contributed by atoms with Crippen molar-refractivity contribution in [2.24, 2.45) is 0 Å². The van der Waals surface area contributed by atoms with Crippen LogP contribution in [0.25, 0.3) is 0 Å². The average molecular weight is 341 g/mol. The number of hydrogen-bond donors (Lipinski definition) is 1. The van der Waals surface area contributed by atoms with Crippen molar-refractivity contribution in [2.45, 2.75) is 18.9 Å². The Morgan fingerprint density at radius 1 is 1.35 bits per heavy atom. The molecule has 0 spiro atoms. The van der Waals surface area contributed by atoms with Crippen molar-refractivity contribution in [3.05, 3.63) is 34.9 Å². The van der Waals surface area contributed by atoms with Gasteiger partial charge >= 0.3 is 0 Å². The molecule has 0 bridgehead atoms. The summed E-state index contributed by atoms with van der Waals surface area (Å²) in [6.45, 7) is 4.04. The second-order valence-corrected chi connectivity index (χ2v) is 6.40. The summed E-state index contributed by atoms with van der Waals surface area (Å²) in [6, 6.07) is 7.53.